The Morgan fingerprint density at radius 1 is 0.875 bits per heavy atom. The molecule has 9 rings (SSSR count). The molecule has 3 aromatic rings. The molecule has 2 saturated heterocycles. The number of phenolic OH excluding ortho intramolecular Hbond substituents is 2. The van der Waals surface area contributed by atoms with Gasteiger partial charge in [-0.2, -0.15) is 0 Å². The van der Waals surface area contributed by atoms with Crippen LogP contribution in [0.15, 0.2) is 76.5 Å². The smallest absolute Gasteiger partial charge is 0.410 e. The number of aliphatic hydroxyl groups excluding tert-OH is 2. The molecular weight excluding hydrogens is 921 g/mol. The first-order chi connectivity index (χ1) is 34.2. The number of fused-ring (bicyclic) bond motifs is 13. The lowest BCUT2D eigenvalue weighted by Gasteiger charge is -2.40. The van der Waals surface area contributed by atoms with Crippen LogP contribution < -0.4 is 25.7 Å². The zero-order valence-corrected chi connectivity index (χ0v) is 43.2. The molecule has 2 fully saturated rings. The summed E-state index contributed by atoms with van der Waals surface area (Å²) >= 11 is 0. The molecule has 1 spiro atoms. The lowest BCUT2D eigenvalue weighted by molar-refractivity contribution is -0.112. The van der Waals surface area contributed by atoms with Crippen LogP contribution in [-0.4, -0.2) is 137 Å². The maximum absolute atomic E-state index is 15.0. The van der Waals surface area contributed by atoms with Crippen molar-refractivity contribution >= 4 is 39.9 Å². The molecule has 5 bridgehead atoms. The number of hydrogen-bond acceptors (Lipinski definition) is 15. The summed E-state index contributed by atoms with van der Waals surface area (Å²) in [5.74, 6) is -6.11. The van der Waals surface area contributed by atoms with Crippen LogP contribution in [0, 0.1) is 36.5 Å². The quantitative estimate of drug-likeness (QED) is 0.182. The number of aromatic hydroxyl groups is 2. The van der Waals surface area contributed by atoms with E-state index in [4.69, 9.17) is 28.9 Å². The van der Waals surface area contributed by atoms with Gasteiger partial charge in [0.1, 0.15) is 28.6 Å². The number of allylic oxidation sites excluding steroid dienone is 2. The first-order valence-corrected chi connectivity index (χ1v) is 25.3. The number of phenols is 2. The molecule has 9 atom stereocenters. The molecule has 17 heteroatoms. The fourth-order valence-corrected chi connectivity index (χ4v) is 11.0. The zero-order chi connectivity index (χ0) is 52.0. The monoisotopic (exact) mass is 993 g/mol. The van der Waals surface area contributed by atoms with Gasteiger partial charge in [-0.3, -0.25) is 19.6 Å². The molecule has 0 saturated carbocycles. The minimum Gasteiger partial charge on any atom is -0.507 e. The van der Waals surface area contributed by atoms with Crippen molar-refractivity contribution in [2.75, 3.05) is 63.1 Å². The van der Waals surface area contributed by atoms with Crippen molar-refractivity contribution in [3.63, 3.8) is 0 Å². The van der Waals surface area contributed by atoms with E-state index in [0.717, 1.165) is 12.2 Å². The van der Waals surface area contributed by atoms with E-state index in [9.17, 15) is 34.8 Å². The number of hydrogen-bond donors (Lipinski definition) is 5. The second-order valence-corrected chi connectivity index (χ2v) is 21.0. The van der Waals surface area contributed by atoms with Gasteiger partial charge in [0, 0.05) is 119 Å². The summed E-state index contributed by atoms with van der Waals surface area (Å²) in [6, 6.07) is 9.98. The summed E-state index contributed by atoms with van der Waals surface area (Å²) in [7, 11) is 1.49. The Labute approximate surface area is 421 Å². The van der Waals surface area contributed by atoms with Crippen molar-refractivity contribution < 1.29 is 53.8 Å². The Morgan fingerprint density at radius 2 is 1.54 bits per heavy atom. The summed E-state index contributed by atoms with van der Waals surface area (Å²) in [6.45, 7) is 20.4. The number of piperazine rings is 1. The van der Waals surface area contributed by atoms with Gasteiger partial charge in [-0.25, -0.2) is 4.79 Å². The van der Waals surface area contributed by atoms with E-state index in [1.165, 1.54) is 20.3 Å². The Morgan fingerprint density at radius 3 is 2.19 bits per heavy atom. The average molecular weight is 993 g/mol. The number of benzene rings is 3. The van der Waals surface area contributed by atoms with Crippen LogP contribution >= 0.6 is 0 Å². The number of aliphatic hydroxyl groups is 2. The van der Waals surface area contributed by atoms with Gasteiger partial charge in [0.2, 0.25) is 0 Å². The predicted octanol–water partition coefficient (Wildman–Crippen LogP) is 6.15. The number of Topliss-reactive ketones (excluding diaryl/α,β-unsaturated/α-hetero) is 1. The molecule has 3 aromatic carbocycles. The highest BCUT2D eigenvalue weighted by molar-refractivity contribution is 6.19. The van der Waals surface area contributed by atoms with Crippen molar-refractivity contribution in [1.82, 2.24) is 9.80 Å². The Kier molecular flexibility index (Phi) is 15.1. The topological polar surface area (TPSA) is 216 Å². The van der Waals surface area contributed by atoms with Gasteiger partial charge in [-0.15, -0.1) is 0 Å². The number of ether oxygens (including phenoxy) is 4. The van der Waals surface area contributed by atoms with Crippen molar-refractivity contribution in [1.29, 1.82) is 0 Å². The summed E-state index contributed by atoms with van der Waals surface area (Å²) in [4.78, 5) is 59.7. The number of carbonyl (C=O) groups is 3. The number of likely N-dealkylation sites (tertiary alicyclic amines) is 1. The number of amides is 2. The second kappa shape index (κ2) is 20.8. The van der Waals surface area contributed by atoms with Crippen molar-refractivity contribution in [3.05, 3.63) is 88.3 Å². The Balaban J connectivity index is 1.19. The van der Waals surface area contributed by atoms with Crippen LogP contribution in [-0.2, 0) is 19.0 Å². The standard InChI is InChI=1S/C55H72N6O11/c1-30(2)29-59-22-20-55(21-23-59)57-42-39-40-47(64)36(8)50-41(39)51(66)54(9,72-50)70-28-19-38(69-10)33(5)49(71-53(68)61-26-24-60(25-27-61)37-17-12-11-13-18-37)35(7)46(63)34(6)45(62)31(3)15-14-16-32(4)52(67)56-44(48(40)65)43(42)58-55/h11-19,28,30-31,33-35,38,45-46,49,62-65H,20-27,29H2,1-10H3,(H,56,67)/b15-14+,28-19+,32-16-/t31?,33-,34-,35-,38+,45+,46-,49-,54+/m1/s1. The van der Waals surface area contributed by atoms with Gasteiger partial charge < -0.3 is 59.4 Å². The number of piperidine rings is 1. The van der Waals surface area contributed by atoms with E-state index < -0.39 is 83.1 Å². The fourth-order valence-electron chi connectivity index (χ4n) is 11.0. The number of rotatable bonds is 5. The number of ketones is 1. The molecule has 17 nitrogen and oxygen atoms in total. The first kappa shape index (κ1) is 52.3. The van der Waals surface area contributed by atoms with Crippen LogP contribution in [0.2, 0.25) is 0 Å². The van der Waals surface area contributed by atoms with Gasteiger partial charge in [-0.1, -0.05) is 78.0 Å². The zero-order valence-electron chi connectivity index (χ0n) is 43.2. The van der Waals surface area contributed by atoms with Crippen LogP contribution in [0.25, 0.3) is 10.8 Å². The molecule has 0 radical (unpaired) electrons. The number of nitrogens with zero attached hydrogens (tertiary/aromatic N) is 5. The third-order valence-corrected chi connectivity index (χ3v) is 15.5. The average Bonchev–Trinajstić information content (AvgIpc) is 3.87. The van der Waals surface area contributed by atoms with Crippen LogP contribution in [0.5, 0.6) is 17.2 Å². The van der Waals surface area contributed by atoms with E-state index in [1.54, 1.807) is 63.8 Å². The highest BCUT2D eigenvalue weighted by atomic mass is 16.7. The molecule has 0 aliphatic carbocycles. The largest absolute Gasteiger partial charge is 0.507 e. The number of carbonyl (C=O) groups excluding carboxylic acids is 3. The minimum atomic E-state index is -1.99. The molecule has 2 amide bonds. The van der Waals surface area contributed by atoms with Gasteiger partial charge >= 0.3 is 11.9 Å². The first-order valence-electron chi connectivity index (χ1n) is 25.3. The van der Waals surface area contributed by atoms with Gasteiger partial charge in [-0.05, 0) is 38.0 Å². The molecule has 6 heterocycles. The van der Waals surface area contributed by atoms with E-state index in [-0.39, 0.29) is 55.4 Å². The highest BCUT2D eigenvalue weighted by Crippen LogP contribution is 2.50. The van der Waals surface area contributed by atoms with Crippen molar-refractivity contribution in [2.24, 2.45) is 39.6 Å². The number of anilines is 2. The van der Waals surface area contributed by atoms with Crippen LogP contribution in [0.3, 0.4) is 0 Å². The third kappa shape index (κ3) is 9.92. The summed E-state index contributed by atoms with van der Waals surface area (Å²) in [6.07, 6.45) is 4.37. The Bertz CT molecular complexity index is 2780. The van der Waals surface area contributed by atoms with Crippen molar-refractivity contribution in [2.45, 2.75) is 111 Å². The number of methoxy groups -OCH3 is 1. The van der Waals surface area contributed by atoms with E-state index in [0.29, 0.717) is 58.0 Å². The van der Waals surface area contributed by atoms with Crippen LogP contribution in [0.4, 0.5) is 16.2 Å². The lowest BCUT2D eigenvalue weighted by atomic mass is 9.78. The summed E-state index contributed by atoms with van der Waals surface area (Å²) in [5.41, 5.74) is 0.464. The molecule has 6 aliphatic rings. The summed E-state index contributed by atoms with van der Waals surface area (Å²) < 4.78 is 25.0. The predicted molar refractivity (Wildman–Crippen MR) is 273 cm³/mol. The molecular formula is C55H72N6O11. The fraction of sp³-hybridized carbons (Fsp3) is 0.545. The number of para-hydroxylation sites is 1. The minimum absolute atomic E-state index is 0.0334. The molecule has 6 aliphatic heterocycles. The number of nitrogens with one attached hydrogen (secondary N) is 1. The maximum Gasteiger partial charge on any atom is 0.410 e. The molecule has 72 heavy (non-hydrogen) atoms. The van der Waals surface area contributed by atoms with E-state index in [1.807, 2.05) is 37.3 Å². The molecule has 5 N–H and O–H groups in total. The van der Waals surface area contributed by atoms with E-state index >= 15 is 0 Å². The van der Waals surface area contributed by atoms with E-state index in [2.05, 4.69) is 29.0 Å². The SMILES string of the molecule is CO[C@H]1/C=C/O[C@@]2(C)Oc3c(C)c(O)c4c(O)c(c5c(c4c3C2=O)=NC2(CCN(CC(C)C)CC2)N=5)NC(=O)/C(C)=C\C=C\C(C)[C@H](O)[C@@H](C)[C@@H](O)[C@@H](C)[C@H](OC(=O)N2CCN(c3ccccc3)CC2)[C@@H]1C. The highest BCUT2D eigenvalue weighted by Gasteiger charge is 2.50. The van der Waals surface area contributed by atoms with Crippen molar-refractivity contribution in [3.8, 4) is 17.2 Å². The Hall–Kier alpha value is -6.01. The molecule has 388 valence electrons. The van der Waals surface area contributed by atoms with Gasteiger partial charge in [0.05, 0.1) is 40.9 Å². The normalized spacial score (nSPS) is 30.8. The van der Waals surface area contributed by atoms with Gasteiger partial charge in [0.15, 0.2) is 11.4 Å². The second-order valence-electron chi connectivity index (χ2n) is 21.0. The third-order valence-electron chi connectivity index (χ3n) is 15.5. The van der Waals surface area contributed by atoms with Gasteiger partial charge in [0.25, 0.3) is 11.7 Å². The summed E-state index contributed by atoms with van der Waals surface area (Å²) in [5, 5.41) is 51.2. The molecule has 1 unspecified atom stereocenters. The lowest BCUT2D eigenvalue weighted by Crippen LogP contribution is -2.52. The maximum atomic E-state index is 15.0. The molecule has 0 aromatic heterocycles. The van der Waals surface area contributed by atoms with Crippen LogP contribution in [0.1, 0.15) is 84.2 Å².